The van der Waals surface area contributed by atoms with Crippen LogP contribution in [0.3, 0.4) is 0 Å². The minimum Gasteiger partial charge on any atom is -0.480 e. The molecule has 0 bridgehead atoms. The number of carboxylic acid groups (broad SMARTS) is 1. The van der Waals surface area contributed by atoms with Gasteiger partial charge in [-0.3, -0.25) is 19.2 Å². The van der Waals surface area contributed by atoms with Gasteiger partial charge in [0.2, 0.25) is 17.7 Å². The third kappa shape index (κ3) is 8.20. The Morgan fingerprint density at radius 3 is 2.18 bits per heavy atom. The van der Waals surface area contributed by atoms with E-state index in [0.29, 0.717) is 23.6 Å². The minimum atomic E-state index is -1.10. The van der Waals surface area contributed by atoms with Crippen molar-refractivity contribution >= 4 is 29.4 Å². The monoisotopic (exact) mass is 389 g/mol. The van der Waals surface area contributed by atoms with Crippen molar-refractivity contribution in [3.05, 3.63) is 29.8 Å². The predicted octanol–water partition coefficient (Wildman–Crippen LogP) is 1.45. The molecule has 2 rings (SSSR count). The van der Waals surface area contributed by atoms with Gasteiger partial charge in [0.05, 0.1) is 13.0 Å². The molecule has 1 aliphatic carbocycles. The summed E-state index contributed by atoms with van der Waals surface area (Å²) in [6, 6.07) is 6.66. The van der Waals surface area contributed by atoms with Gasteiger partial charge in [0.25, 0.3) is 0 Å². The van der Waals surface area contributed by atoms with Crippen molar-refractivity contribution in [2.75, 3.05) is 18.4 Å². The summed E-state index contributed by atoms with van der Waals surface area (Å²) in [6.07, 6.45) is 6.29. The Labute approximate surface area is 164 Å². The standard InChI is InChI=1S/C20H27N3O5/c24-17(10-7-14-3-1-2-4-14)21-12-19(26)23-16-8-5-15(6-9-16)11-18(25)22-13-20(27)28/h5-6,8-9,14H,1-4,7,10-13H2,(H,21,24)(H,22,25)(H,23,26)(H,27,28). The summed E-state index contributed by atoms with van der Waals surface area (Å²) in [5.74, 6) is -1.27. The van der Waals surface area contributed by atoms with Crippen LogP contribution in [-0.4, -0.2) is 41.9 Å². The lowest BCUT2D eigenvalue weighted by Gasteiger charge is -2.10. The Morgan fingerprint density at radius 1 is 0.893 bits per heavy atom. The van der Waals surface area contributed by atoms with Crippen molar-refractivity contribution in [3.8, 4) is 0 Å². The van der Waals surface area contributed by atoms with Gasteiger partial charge in [-0.15, -0.1) is 0 Å². The highest BCUT2D eigenvalue weighted by atomic mass is 16.4. The molecule has 0 radical (unpaired) electrons. The Balaban J connectivity index is 1.66. The smallest absolute Gasteiger partial charge is 0.322 e. The second-order valence-corrected chi connectivity index (χ2v) is 7.06. The number of amides is 3. The normalized spacial score (nSPS) is 13.7. The molecule has 1 saturated carbocycles. The Morgan fingerprint density at radius 2 is 1.54 bits per heavy atom. The summed E-state index contributed by atoms with van der Waals surface area (Å²) in [6.45, 7) is -0.498. The number of aliphatic carboxylic acids is 1. The number of carboxylic acids is 1. The topological polar surface area (TPSA) is 125 Å². The third-order valence-corrected chi connectivity index (χ3v) is 4.74. The summed E-state index contributed by atoms with van der Waals surface area (Å²) in [7, 11) is 0. The first-order chi connectivity index (χ1) is 13.4. The van der Waals surface area contributed by atoms with E-state index in [0.717, 1.165) is 6.42 Å². The third-order valence-electron chi connectivity index (χ3n) is 4.74. The average Bonchev–Trinajstić information content (AvgIpc) is 3.18. The van der Waals surface area contributed by atoms with E-state index in [1.165, 1.54) is 25.7 Å². The molecule has 8 nitrogen and oxygen atoms in total. The van der Waals surface area contributed by atoms with Gasteiger partial charge in [0.1, 0.15) is 6.54 Å². The van der Waals surface area contributed by atoms with Crippen LogP contribution >= 0.6 is 0 Å². The van der Waals surface area contributed by atoms with Crippen LogP contribution in [0.2, 0.25) is 0 Å². The number of benzene rings is 1. The van der Waals surface area contributed by atoms with Crippen molar-refractivity contribution < 1.29 is 24.3 Å². The lowest BCUT2D eigenvalue weighted by Crippen LogP contribution is -2.32. The lowest BCUT2D eigenvalue weighted by atomic mass is 10.0. The van der Waals surface area contributed by atoms with Crippen LogP contribution in [0.1, 0.15) is 44.1 Å². The quantitative estimate of drug-likeness (QED) is 0.482. The van der Waals surface area contributed by atoms with Crippen LogP contribution in [-0.2, 0) is 25.6 Å². The number of rotatable bonds is 10. The zero-order chi connectivity index (χ0) is 20.4. The number of carbonyl (C=O) groups is 4. The second kappa shape index (κ2) is 11.1. The fraction of sp³-hybridized carbons (Fsp3) is 0.500. The molecule has 0 aliphatic heterocycles. The number of anilines is 1. The Kier molecular flexibility index (Phi) is 8.45. The van der Waals surface area contributed by atoms with Crippen LogP contribution in [0.4, 0.5) is 5.69 Å². The van der Waals surface area contributed by atoms with E-state index in [4.69, 9.17) is 5.11 Å². The molecule has 1 aliphatic rings. The molecule has 3 amide bonds. The molecular weight excluding hydrogens is 362 g/mol. The lowest BCUT2D eigenvalue weighted by molar-refractivity contribution is -0.137. The van der Waals surface area contributed by atoms with Crippen LogP contribution < -0.4 is 16.0 Å². The first-order valence-corrected chi connectivity index (χ1v) is 9.56. The van der Waals surface area contributed by atoms with E-state index >= 15 is 0 Å². The number of hydrogen-bond donors (Lipinski definition) is 4. The van der Waals surface area contributed by atoms with E-state index in [1.54, 1.807) is 24.3 Å². The molecule has 28 heavy (non-hydrogen) atoms. The van der Waals surface area contributed by atoms with Gasteiger partial charge in [-0.05, 0) is 30.0 Å². The van der Waals surface area contributed by atoms with Gasteiger partial charge in [-0.2, -0.15) is 0 Å². The molecule has 0 aromatic heterocycles. The highest BCUT2D eigenvalue weighted by Gasteiger charge is 2.16. The number of nitrogens with one attached hydrogen (secondary N) is 3. The Hall–Kier alpha value is -2.90. The molecule has 4 N–H and O–H groups in total. The first-order valence-electron chi connectivity index (χ1n) is 9.56. The summed E-state index contributed by atoms with van der Waals surface area (Å²) in [5.41, 5.74) is 1.25. The summed E-state index contributed by atoms with van der Waals surface area (Å²) < 4.78 is 0. The number of hydrogen-bond acceptors (Lipinski definition) is 4. The van der Waals surface area contributed by atoms with Crippen LogP contribution in [0, 0.1) is 5.92 Å². The zero-order valence-corrected chi connectivity index (χ0v) is 15.8. The second-order valence-electron chi connectivity index (χ2n) is 7.06. The van der Waals surface area contributed by atoms with E-state index in [2.05, 4.69) is 16.0 Å². The van der Waals surface area contributed by atoms with Gasteiger partial charge in [0.15, 0.2) is 0 Å². The van der Waals surface area contributed by atoms with E-state index in [9.17, 15) is 19.2 Å². The maximum Gasteiger partial charge on any atom is 0.322 e. The SMILES string of the molecule is O=C(O)CNC(=O)Cc1ccc(NC(=O)CNC(=O)CCC2CCCC2)cc1. The van der Waals surface area contributed by atoms with Gasteiger partial charge in [-0.25, -0.2) is 0 Å². The average molecular weight is 389 g/mol. The largest absolute Gasteiger partial charge is 0.480 e. The fourth-order valence-corrected chi connectivity index (χ4v) is 3.23. The van der Waals surface area contributed by atoms with Gasteiger partial charge in [-0.1, -0.05) is 37.8 Å². The van der Waals surface area contributed by atoms with Crippen molar-refractivity contribution in [3.63, 3.8) is 0 Å². The van der Waals surface area contributed by atoms with Crippen molar-refractivity contribution in [2.24, 2.45) is 5.92 Å². The molecule has 0 atom stereocenters. The van der Waals surface area contributed by atoms with Gasteiger partial charge >= 0.3 is 5.97 Å². The maximum absolute atomic E-state index is 11.9. The van der Waals surface area contributed by atoms with E-state index in [-0.39, 0.29) is 30.7 Å². The van der Waals surface area contributed by atoms with Gasteiger partial charge in [0, 0.05) is 12.1 Å². The minimum absolute atomic E-state index is 0.0541. The summed E-state index contributed by atoms with van der Waals surface area (Å²) in [5, 5.41) is 16.1. The van der Waals surface area contributed by atoms with Crippen LogP contribution in [0.15, 0.2) is 24.3 Å². The molecule has 0 spiro atoms. The molecule has 0 unspecified atom stereocenters. The summed E-state index contributed by atoms with van der Waals surface area (Å²) >= 11 is 0. The molecule has 1 fully saturated rings. The van der Waals surface area contributed by atoms with Crippen molar-refractivity contribution in [1.82, 2.24) is 10.6 Å². The van der Waals surface area contributed by atoms with E-state index in [1.807, 2.05) is 0 Å². The molecule has 1 aromatic carbocycles. The maximum atomic E-state index is 11.9. The van der Waals surface area contributed by atoms with E-state index < -0.39 is 12.5 Å². The molecule has 152 valence electrons. The molecule has 0 heterocycles. The van der Waals surface area contributed by atoms with Crippen LogP contribution in [0.25, 0.3) is 0 Å². The molecule has 1 aromatic rings. The summed E-state index contributed by atoms with van der Waals surface area (Å²) in [4.78, 5) is 45.8. The number of carbonyl (C=O) groups excluding carboxylic acids is 3. The molecule has 0 saturated heterocycles. The zero-order valence-electron chi connectivity index (χ0n) is 15.8. The van der Waals surface area contributed by atoms with Crippen molar-refractivity contribution in [1.29, 1.82) is 0 Å². The van der Waals surface area contributed by atoms with Crippen molar-refractivity contribution in [2.45, 2.75) is 44.9 Å². The Bertz CT molecular complexity index is 696. The van der Waals surface area contributed by atoms with Gasteiger partial charge < -0.3 is 21.1 Å². The molecular formula is C20H27N3O5. The highest BCUT2D eigenvalue weighted by molar-refractivity contribution is 5.94. The fourth-order valence-electron chi connectivity index (χ4n) is 3.23. The molecule has 8 heteroatoms. The first kappa shape index (κ1) is 21.4. The predicted molar refractivity (Wildman–Crippen MR) is 104 cm³/mol. The highest BCUT2D eigenvalue weighted by Crippen LogP contribution is 2.28. The van der Waals surface area contributed by atoms with Crippen LogP contribution in [0.5, 0.6) is 0 Å².